The van der Waals surface area contributed by atoms with E-state index in [0.29, 0.717) is 10.7 Å². The van der Waals surface area contributed by atoms with Gasteiger partial charge < -0.3 is 0 Å². The van der Waals surface area contributed by atoms with Gasteiger partial charge in [-0.2, -0.15) is 10.4 Å². The van der Waals surface area contributed by atoms with Crippen molar-refractivity contribution in [3.63, 3.8) is 0 Å². The topological polar surface area (TPSA) is 71.6 Å². The number of Topliss-reactive ketones (excluding diaryl/α,β-unsaturated/α-hetero) is 1. The molecule has 2 aromatic heterocycles. The van der Waals surface area contributed by atoms with Crippen LogP contribution in [-0.4, -0.2) is 20.5 Å². The molecule has 5 nitrogen and oxygen atoms in total. The molecule has 0 amide bonds. The van der Waals surface area contributed by atoms with Gasteiger partial charge >= 0.3 is 0 Å². The van der Waals surface area contributed by atoms with Crippen LogP contribution in [0.1, 0.15) is 42.2 Å². The number of nitrogens with zero attached hydrogens (tertiary/aromatic N) is 4. The lowest BCUT2D eigenvalue weighted by Crippen LogP contribution is -2.14. The third-order valence-electron chi connectivity index (χ3n) is 2.88. The molecule has 0 spiro atoms. The summed E-state index contributed by atoms with van der Waals surface area (Å²) in [5.41, 5.74) is 1.53. The van der Waals surface area contributed by atoms with Gasteiger partial charge in [0.1, 0.15) is 5.01 Å². The zero-order valence-electron chi connectivity index (χ0n) is 11.7. The van der Waals surface area contributed by atoms with E-state index in [1.165, 1.54) is 11.3 Å². The van der Waals surface area contributed by atoms with E-state index in [-0.39, 0.29) is 18.2 Å². The molecule has 104 valence electrons. The Hall–Kier alpha value is -2.00. The van der Waals surface area contributed by atoms with Crippen LogP contribution in [0.25, 0.3) is 0 Å². The molecule has 0 unspecified atom stereocenters. The number of carbonyl (C=O) groups is 1. The SMILES string of the molecule is Cc1csc([C@@H](C#N)C(=O)Cc2ccn(C(C)C)n2)n1. The van der Waals surface area contributed by atoms with E-state index in [4.69, 9.17) is 0 Å². The van der Waals surface area contributed by atoms with Crippen molar-refractivity contribution in [2.75, 3.05) is 0 Å². The fourth-order valence-electron chi connectivity index (χ4n) is 1.81. The Bertz CT molecular complexity index is 650. The molecule has 0 aliphatic rings. The predicted molar refractivity (Wildman–Crippen MR) is 76.5 cm³/mol. The smallest absolute Gasteiger partial charge is 0.162 e. The van der Waals surface area contributed by atoms with E-state index >= 15 is 0 Å². The Morgan fingerprint density at radius 1 is 1.55 bits per heavy atom. The number of carbonyl (C=O) groups excluding carboxylic acids is 1. The second-order valence-corrected chi connectivity index (χ2v) is 5.80. The minimum Gasteiger partial charge on any atom is -0.297 e. The highest BCUT2D eigenvalue weighted by molar-refractivity contribution is 7.09. The first-order valence-corrected chi connectivity index (χ1v) is 7.27. The van der Waals surface area contributed by atoms with Gasteiger partial charge in [0.25, 0.3) is 0 Å². The summed E-state index contributed by atoms with van der Waals surface area (Å²) in [5, 5.41) is 16.0. The normalized spacial score (nSPS) is 12.3. The largest absolute Gasteiger partial charge is 0.297 e. The van der Waals surface area contributed by atoms with Gasteiger partial charge in [-0.3, -0.25) is 9.48 Å². The van der Waals surface area contributed by atoms with Crippen molar-refractivity contribution in [2.45, 2.75) is 39.2 Å². The zero-order chi connectivity index (χ0) is 14.7. The Labute approximate surface area is 121 Å². The van der Waals surface area contributed by atoms with Gasteiger partial charge in [-0.25, -0.2) is 4.98 Å². The Morgan fingerprint density at radius 2 is 2.30 bits per heavy atom. The summed E-state index contributed by atoms with van der Waals surface area (Å²) in [5.74, 6) is -0.950. The lowest BCUT2D eigenvalue weighted by molar-refractivity contribution is -0.118. The van der Waals surface area contributed by atoms with Crippen molar-refractivity contribution < 1.29 is 4.79 Å². The number of thiazole rings is 1. The fourth-order valence-corrected chi connectivity index (χ4v) is 2.67. The molecule has 2 rings (SSSR count). The first kappa shape index (κ1) is 14.4. The van der Waals surface area contributed by atoms with Gasteiger partial charge in [0.15, 0.2) is 11.7 Å². The molecule has 0 aliphatic heterocycles. The first-order valence-electron chi connectivity index (χ1n) is 6.39. The molecule has 2 heterocycles. The van der Waals surface area contributed by atoms with Crippen molar-refractivity contribution >= 4 is 17.1 Å². The second-order valence-electron chi connectivity index (χ2n) is 4.91. The molecule has 0 N–H and O–H groups in total. The van der Waals surface area contributed by atoms with Gasteiger partial charge in [0, 0.05) is 23.3 Å². The predicted octanol–water partition coefficient (Wildman–Crippen LogP) is 2.65. The molecule has 20 heavy (non-hydrogen) atoms. The number of hydrogen-bond acceptors (Lipinski definition) is 5. The van der Waals surface area contributed by atoms with Crippen molar-refractivity contribution in [1.82, 2.24) is 14.8 Å². The van der Waals surface area contributed by atoms with Crippen LogP contribution in [0, 0.1) is 18.3 Å². The monoisotopic (exact) mass is 288 g/mol. The van der Waals surface area contributed by atoms with Gasteiger partial charge in [-0.05, 0) is 26.8 Å². The molecular formula is C14H16N4OS. The molecule has 0 radical (unpaired) electrons. The molecule has 0 aromatic carbocycles. The van der Waals surface area contributed by atoms with Crippen LogP contribution in [0.2, 0.25) is 0 Å². The third-order valence-corrected chi connectivity index (χ3v) is 3.91. The van der Waals surface area contributed by atoms with Gasteiger partial charge in [0.05, 0.1) is 18.2 Å². The minimum atomic E-state index is -0.794. The van der Waals surface area contributed by atoms with E-state index in [2.05, 4.69) is 10.1 Å². The highest BCUT2D eigenvalue weighted by atomic mass is 32.1. The Kier molecular flexibility index (Phi) is 4.30. The maximum atomic E-state index is 12.2. The summed E-state index contributed by atoms with van der Waals surface area (Å²) in [6.45, 7) is 5.90. The van der Waals surface area contributed by atoms with Crippen LogP contribution in [0.15, 0.2) is 17.6 Å². The average molecular weight is 288 g/mol. The maximum absolute atomic E-state index is 12.2. The molecule has 0 aliphatic carbocycles. The number of aryl methyl sites for hydroxylation is 1. The molecule has 0 fully saturated rings. The first-order chi connectivity index (χ1) is 9.51. The molecule has 1 atom stereocenters. The van der Waals surface area contributed by atoms with E-state index in [1.54, 1.807) is 4.68 Å². The van der Waals surface area contributed by atoms with E-state index in [9.17, 15) is 10.1 Å². The highest BCUT2D eigenvalue weighted by Gasteiger charge is 2.24. The quantitative estimate of drug-likeness (QED) is 0.848. The van der Waals surface area contributed by atoms with Crippen molar-refractivity contribution in [1.29, 1.82) is 5.26 Å². The molecular weight excluding hydrogens is 272 g/mol. The third kappa shape index (κ3) is 3.11. The van der Waals surface area contributed by atoms with Crippen LogP contribution in [0.3, 0.4) is 0 Å². The van der Waals surface area contributed by atoms with Crippen molar-refractivity contribution in [3.8, 4) is 6.07 Å². The summed E-state index contributed by atoms with van der Waals surface area (Å²) >= 11 is 1.35. The van der Waals surface area contributed by atoms with Gasteiger partial charge in [0.2, 0.25) is 0 Å². The van der Waals surface area contributed by atoms with Crippen molar-refractivity contribution in [2.24, 2.45) is 0 Å². The van der Waals surface area contributed by atoms with Crippen LogP contribution >= 0.6 is 11.3 Å². The number of hydrogen-bond donors (Lipinski definition) is 0. The second kappa shape index (κ2) is 5.97. The fraction of sp³-hybridized carbons (Fsp3) is 0.429. The summed E-state index contributed by atoms with van der Waals surface area (Å²) in [6, 6.07) is 4.12. The average Bonchev–Trinajstić information content (AvgIpc) is 3.00. The number of aromatic nitrogens is 3. The number of rotatable bonds is 5. The standard InChI is InChI=1S/C14H16N4OS/c1-9(2)18-5-4-11(17-18)6-13(19)12(7-15)14-16-10(3)8-20-14/h4-5,8-9,12H,6H2,1-3H3/t12-/m0/s1. The number of ketones is 1. The van der Waals surface area contributed by atoms with Crippen LogP contribution in [-0.2, 0) is 11.2 Å². The lowest BCUT2D eigenvalue weighted by atomic mass is 10.0. The summed E-state index contributed by atoms with van der Waals surface area (Å²) in [7, 11) is 0. The van der Waals surface area contributed by atoms with E-state index in [1.807, 2.05) is 44.5 Å². The lowest BCUT2D eigenvalue weighted by Gasteiger charge is -2.05. The summed E-state index contributed by atoms with van der Waals surface area (Å²) < 4.78 is 1.80. The zero-order valence-corrected chi connectivity index (χ0v) is 12.5. The summed E-state index contributed by atoms with van der Waals surface area (Å²) in [4.78, 5) is 16.5. The van der Waals surface area contributed by atoms with Crippen LogP contribution in [0.5, 0.6) is 0 Å². The molecule has 0 saturated heterocycles. The van der Waals surface area contributed by atoms with Crippen molar-refractivity contribution in [3.05, 3.63) is 34.0 Å². The minimum absolute atomic E-state index is 0.157. The molecule has 0 saturated carbocycles. The van der Waals surface area contributed by atoms with Crippen LogP contribution in [0.4, 0.5) is 0 Å². The summed E-state index contributed by atoms with van der Waals surface area (Å²) in [6.07, 6.45) is 2.01. The molecule has 0 bridgehead atoms. The number of nitriles is 1. The highest BCUT2D eigenvalue weighted by Crippen LogP contribution is 2.22. The Balaban J connectivity index is 2.11. The van der Waals surface area contributed by atoms with Gasteiger partial charge in [-0.1, -0.05) is 0 Å². The van der Waals surface area contributed by atoms with E-state index in [0.717, 1.165) is 5.69 Å². The van der Waals surface area contributed by atoms with Gasteiger partial charge in [-0.15, -0.1) is 11.3 Å². The van der Waals surface area contributed by atoms with Crippen LogP contribution < -0.4 is 0 Å². The molecule has 2 aromatic rings. The molecule has 6 heteroatoms. The van der Waals surface area contributed by atoms with E-state index < -0.39 is 5.92 Å². The maximum Gasteiger partial charge on any atom is 0.162 e. The Morgan fingerprint density at radius 3 is 2.80 bits per heavy atom.